The van der Waals surface area contributed by atoms with Crippen molar-refractivity contribution in [2.24, 2.45) is 0 Å². The van der Waals surface area contributed by atoms with Crippen molar-refractivity contribution in [1.82, 2.24) is 0 Å². The first-order chi connectivity index (χ1) is 8.89. The van der Waals surface area contributed by atoms with E-state index in [9.17, 15) is 0 Å². The molecule has 0 amide bonds. The molecule has 3 nitrogen and oxygen atoms in total. The molecule has 3 rings (SSSR count). The summed E-state index contributed by atoms with van der Waals surface area (Å²) in [6, 6.07) is 6.10. The van der Waals surface area contributed by atoms with Crippen LogP contribution in [0.5, 0.6) is 5.75 Å². The van der Waals surface area contributed by atoms with E-state index in [4.69, 9.17) is 14.0 Å². The van der Waals surface area contributed by atoms with Crippen molar-refractivity contribution in [1.29, 1.82) is 0 Å². The van der Waals surface area contributed by atoms with E-state index in [1.165, 1.54) is 0 Å². The summed E-state index contributed by atoms with van der Waals surface area (Å²) in [6.07, 6.45) is 4.09. The maximum atomic E-state index is 6.05. The molecule has 0 N–H and O–H groups in total. The molecule has 0 bridgehead atoms. The third-order valence-electron chi connectivity index (χ3n) is 4.20. The van der Waals surface area contributed by atoms with Crippen LogP contribution in [0.1, 0.15) is 33.3 Å². The Morgan fingerprint density at radius 1 is 1.05 bits per heavy atom. The number of hydrogen-bond acceptors (Lipinski definition) is 3. The molecule has 1 aromatic rings. The number of rotatable bonds is 1. The van der Waals surface area contributed by atoms with E-state index in [0.29, 0.717) is 6.61 Å². The van der Waals surface area contributed by atoms with Crippen molar-refractivity contribution in [3.63, 3.8) is 0 Å². The molecule has 2 aliphatic rings. The fourth-order valence-electron chi connectivity index (χ4n) is 2.25. The molecule has 100 valence electrons. The first kappa shape index (κ1) is 12.8. The average Bonchev–Trinajstić information content (AvgIpc) is 2.58. The quantitative estimate of drug-likeness (QED) is 0.724. The highest BCUT2D eigenvalue weighted by Gasteiger charge is 2.51. The average molecular weight is 258 g/mol. The van der Waals surface area contributed by atoms with Crippen LogP contribution >= 0.6 is 0 Å². The fraction of sp³-hybridized carbons (Fsp3) is 0.467. The molecule has 0 radical (unpaired) electrons. The predicted octanol–water partition coefficient (Wildman–Crippen LogP) is 2.39. The van der Waals surface area contributed by atoms with Gasteiger partial charge >= 0.3 is 7.12 Å². The Morgan fingerprint density at radius 3 is 2.42 bits per heavy atom. The summed E-state index contributed by atoms with van der Waals surface area (Å²) in [7, 11) is -0.329. The summed E-state index contributed by atoms with van der Waals surface area (Å²) >= 11 is 0. The molecule has 0 saturated carbocycles. The number of benzene rings is 1. The van der Waals surface area contributed by atoms with Gasteiger partial charge in [0, 0.05) is 5.56 Å². The third-order valence-corrected chi connectivity index (χ3v) is 4.20. The zero-order chi connectivity index (χ0) is 13.7. The molecule has 2 aliphatic heterocycles. The molecule has 19 heavy (non-hydrogen) atoms. The van der Waals surface area contributed by atoms with E-state index < -0.39 is 0 Å². The van der Waals surface area contributed by atoms with Gasteiger partial charge in [-0.25, -0.2) is 0 Å². The number of hydrogen-bond donors (Lipinski definition) is 0. The van der Waals surface area contributed by atoms with E-state index in [1.54, 1.807) is 0 Å². The summed E-state index contributed by atoms with van der Waals surface area (Å²) in [5, 5.41) is 0. The fourth-order valence-corrected chi connectivity index (χ4v) is 2.25. The summed E-state index contributed by atoms with van der Waals surface area (Å²) in [6.45, 7) is 8.87. The highest BCUT2D eigenvalue weighted by Crippen LogP contribution is 2.36. The predicted molar refractivity (Wildman–Crippen MR) is 76.7 cm³/mol. The van der Waals surface area contributed by atoms with Gasteiger partial charge in [-0.2, -0.15) is 0 Å². The van der Waals surface area contributed by atoms with E-state index in [0.717, 1.165) is 16.8 Å². The van der Waals surface area contributed by atoms with Crippen molar-refractivity contribution in [3.8, 4) is 5.75 Å². The minimum absolute atomic E-state index is 0.311. The van der Waals surface area contributed by atoms with E-state index in [2.05, 4.69) is 33.8 Å². The highest BCUT2D eigenvalue weighted by molar-refractivity contribution is 6.62. The number of fused-ring (bicyclic) bond motifs is 1. The molecule has 2 heterocycles. The standard InChI is InChI=1S/C15H19BO3/c1-14(2)15(3,4)19-16(18-14)12-8-7-11-6-5-9-17-13(11)10-12/h5-8,10H,9H2,1-4H3. The van der Waals surface area contributed by atoms with Crippen LogP contribution < -0.4 is 10.2 Å². The van der Waals surface area contributed by atoms with Gasteiger partial charge in [0.05, 0.1) is 11.2 Å². The smallest absolute Gasteiger partial charge is 0.489 e. The minimum atomic E-state index is -0.329. The lowest BCUT2D eigenvalue weighted by Gasteiger charge is -2.32. The summed E-state index contributed by atoms with van der Waals surface area (Å²) in [5.74, 6) is 0.898. The molecule has 1 aromatic carbocycles. The van der Waals surface area contributed by atoms with Crippen molar-refractivity contribution in [3.05, 3.63) is 29.8 Å². The first-order valence-corrected chi connectivity index (χ1v) is 6.68. The molecule has 1 saturated heterocycles. The van der Waals surface area contributed by atoms with E-state index in [1.807, 2.05) is 24.3 Å². The molecule has 0 atom stereocenters. The van der Waals surface area contributed by atoms with Gasteiger partial charge in [-0.3, -0.25) is 0 Å². The minimum Gasteiger partial charge on any atom is -0.489 e. The maximum absolute atomic E-state index is 6.05. The van der Waals surface area contributed by atoms with Crippen molar-refractivity contribution in [2.75, 3.05) is 6.61 Å². The van der Waals surface area contributed by atoms with Gasteiger partial charge in [-0.15, -0.1) is 0 Å². The van der Waals surface area contributed by atoms with Crippen LogP contribution in [-0.2, 0) is 9.31 Å². The lowest BCUT2D eigenvalue weighted by atomic mass is 9.78. The molecule has 1 fully saturated rings. The van der Waals surface area contributed by atoms with Crippen LogP contribution in [0.25, 0.3) is 6.08 Å². The first-order valence-electron chi connectivity index (χ1n) is 6.68. The monoisotopic (exact) mass is 258 g/mol. The lowest BCUT2D eigenvalue weighted by molar-refractivity contribution is 0.00578. The van der Waals surface area contributed by atoms with Gasteiger partial charge in [0.15, 0.2) is 0 Å². The molecular formula is C15H19BO3. The Morgan fingerprint density at radius 2 is 1.74 bits per heavy atom. The van der Waals surface area contributed by atoms with Crippen LogP contribution in [0.2, 0.25) is 0 Å². The van der Waals surface area contributed by atoms with Gasteiger partial charge in [-0.1, -0.05) is 18.2 Å². The zero-order valence-corrected chi connectivity index (χ0v) is 11.9. The van der Waals surface area contributed by atoms with Crippen molar-refractivity contribution in [2.45, 2.75) is 38.9 Å². The van der Waals surface area contributed by atoms with Crippen LogP contribution in [0.15, 0.2) is 24.3 Å². The van der Waals surface area contributed by atoms with E-state index in [-0.39, 0.29) is 18.3 Å². The van der Waals surface area contributed by atoms with Gasteiger partial charge in [0.2, 0.25) is 0 Å². The molecule has 0 unspecified atom stereocenters. The van der Waals surface area contributed by atoms with Crippen molar-refractivity contribution < 1.29 is 14.0 Å². The molecule has 4 heteroatoms. The Bertz CT molecular complexity index is 518. The Labute approximate surface area is 114 Å². The lowest BCUT2D eigenvalue weighted by Crippen LogP contribution is -2.41. The van der Waals surface area contributed by atoms with Crippen LogP contribution in [0.4, 0.5) is 0 Å². The highest BCUT2D eigenvalue weighted by atomic mass is 16.7. The molecule has 0 spiro atoms. The third kappa shape index (κ3) is 2.09. The van der Waals surface area contributed by atoms with Gasteiger partial charge in [-0.05, 0) is 45.3 Å². The molecule has 0 aromatic heterocycles. The van der Waals surface area contributed by atoms with Crippen LogP contribution in [0.3, 0.4) is 0 Å². The second-order valence-corrected chi connectivity index (χ2v) is 6.10. The second kappa shape index (κ2) is 4.12. The molecule has 0 aliphatic carbocycles. The SMILES string of the molecule is CC1(C)OB(c2ccc3c(c2)OCC=C3)OC1(C)C. The summed E-state index contributed by atoms with van der Waals surface area (Å²) < 4.78 is 17.7. The normalized spacial score (nSPS) is 23.1. The zero-order valence-electron chi connectivity index (χ0n) is 11.9. The van der Waals surface area contributed by atoms with Crippen molar-refractivity contribution >= 4 is 18.7 Å². The van der Waals surface area contributed by atoms with Gasteiger partial charge < -0.3 is 14.0 Å². The summed E-state index contributed by atoms with van der Waals surface area (Å²) in [5.41, 5.74) is 1.49. The maximum Gasteiger partial charge on any atom is 0.494 e. The topological polar surface area (TPSA) is 27.7 Å². The van der Waals surface area contributed by atoms with Crippen LogP contribution in [-0.4, -0.2) is 24.9 Å². The van der Waals surface area contributed by atoms with Gasteiger partial charge in [0.25, 0.3) is 0 Å². The largest absolute Gasteiger partial charge is 0.494 e. The Balaban J connectivity index is 1.91. The van der Waals surface area contributed by atoms with E-state index >= 15 is 0 Å². The van der Waals surface area contributed by atoms with Crippen LogP contribution in [0, 0.1) is 0 Å². The molecular weight excluding hydrogens is 239 g/mol. The Kier molecular flexibility index (Phi) is 2.77. The Hall–Kier alpha value is -1.26. The van der Waals surface area contributed by atoms with Gasteiger partial charge in [0.1, 0.15) is 12.4 Å². The number of ether oxygens (including phenoxy) is 1. The summed E-state index contributed by atoms with van der Waals surface area (Å²) in [4.78, 5) is 0. The second-order valence-electron chi connectivity index (χ2n) is 6.10.